The van der Waals surface area contributed by atoms with Gasteiger partial charge < -0.3 is 20.7 Å². The van der Waals surface area contributed by atoms with E-state index in [1.54, 1.807) is 0 Å². The Kier molecular flexibility index (Phi) is 5.45. The first-order valence-electron chi connectivity index (χ1n) is 7.16. The van der Waals surface area contributed by atoms with Crippen LogP contribution in [0, 0.1) is 0 Å². The van der Waals surface area contributed by atoms with Crippen molar-refractivity contribution in [2.75, 3.05) is 24.7 Å². The third kappa shape index (κ3) is 3.87. The molecule has 1 aliphatic rings. The van der Waals surface area contributed by atoms with Gasteiger partial charge in [0.15, 0.2) is 0 Å². The lowest BCUT2D eigenvalue weighted by Gasteiger charge is -2.36. The minimum Gasteiger partial charge on any atom is -0.377 e. The lowest BCUT2D eigenvalue weighted by molar-refractivity contribution is -0.125. The first-order valence-corrected chi connectivity index (χ1v) is 7.54. The van der Waals surface area contributed by atoms with E-state index in [4.69, 9.17) is 22.1 Å². The van der Waals surface area contributed by atoms with Crippen LogP contribution in [0.4, 0.5) is 5.69 Å². The summed E-state index contributed by atoms with van der Waals surface area (Å²) in [4.78, 5) is 14.3. The van der Waals surface area contributed by atoms with Gasteiger partial charge in [0.25, 0.3) is 0 Å². The molecule has 0 spiro atoms. The minimum absolute atomic E-state index is 0.0243. The van der Waals surface area contributed by atoms with E-state index >= 15 is 0 Å². The van der Waals surface area contributed by atoms with Gasteiger partial charge in [-0.3, -0.25) is 4.79 Å². The highest BCUT2D eigenvalue weighted by atomic mass is 35.5. The van der Waals surface area contributed by atoms with Crippen LogP contribution in [0.15, 0.2) is 18.2 Å². The SMILES string of the molecule is CC(C)NC(=O)C1COCCN1c1ccc(CN)c(Cl)c1. The van der Waals surface area contributed by atoms with E-state index in [-0.39, 0.29) is 18.0 Å². The van der Waals surface area contributed by atoms with Crippen LogP contribution in [-0.4, -0.2) is 37.7 Å². The average Bonchev–Trinajstić information content (AvgIpc) is 2.46. The molecule has 3 N–H and O–H groups in total. The van der Waals surface area contributed by atoms with Crippen LogP contribution in [-0.2, 0) is 16.1 Å². The largest absolute Gasteiger partial charge is 0.377 e. The van der Waals surface area contributed by atoms with Gasteiger partial charge in [-0.25, -0.2) is 0 Å². The third-order valence-electron chi connectivity index (χ3n) is 3.45. The van der Waals surface area contributed by atoms with Crippen LogP contribution >= 0.6 is 11.6 Å². The third-order valence-corrected chi connectivity index (χ3v) is 3.80. The number of halogens is 1. The molecule has 1 amide bonds. The summed E-state index contributed by atoms with van der Waals surface area (Å²) in [6.07, 6.45) is 0. The first kappa shape index (κ1) is 16.1. The predicted octanol–water partition coefficient (Wildman–Crippen LogP) is 1.53. The summed E-state index contributed by atoms with van der Waals surface area (Å²) in [7, 11) is 0. The van der Waals surface area contributed by atoms with Crippen molar-refractivity contribution < 1.29 is 9.53 Å². The second kappa shape index (κ2) is 7.11. The monoisotopic (exact) mass is 311 g/mol. The Morgan fingerprint density at radius 1 is 1.57 bits per heavy atom. The molecule has 2 rings (SSSR count). The highest BCUT2D eigenvalue weighted by molar-refractivity contribution is 6.31. The summed E-state index contributed by atoms with van der Waals surface area (Å²) in [5, 5.41) is 3.56. The Balaban J connectivity index is 2.22. The van der Waals surface area contributed by atoms with E-state index in [0.717, 1.165) is 11.3 Å². The molecular formula is C15H22ClN3O2. The Hall–Kier alpha value is -1.30. The van der Waals surface area contributed by atoms with E-state index in [1.165, 1.54) is 0 Å². The zero-order valence-corrected chi connectivity index (χ0v) is 13.2. The first-order chi connectivity index (χ1) is 10.0. The molecule has 1 aliphatic heterocycles. The van der Waals surface area contributed by atoms with Crippen molar-refractivity contribution in [1.82, 2.24) is 5.32 Å². The summed E-state index contributed by atoms with van der Waals surface area (Å²) in [6, 6.07) is 5.50. The van der Waals surface area contributed by atoms with Crippen LogP contribution in [0.2, 0.25) is 5.02 Å². The summed E-state index contributed by atoms with van der Waals surface area (Å²) in [6.45, 7) is 5.93. The molecule has 0 bridgehead atoms. The lowest BCUT2D eigenvalue weighted by atomic mass is 10.1. The van der Waals surface area contributed by atoms with Crippen LogP contribution in [0.5, 0.6) is 0 Å². The molecule has 1 aromatic rings. The second-order valence-electron chi connectivity index (χ2n) is 5.43. The number of carbonyl (C=O) groups is 1. The smallest absolute Gasteiger partial charge is 0.245 e. The standard InChI is InChI=1S/C15H22ClN3O2/c1-10(2)18-15(20)14-9-21-6-5-19(14)12-4-3-11(8-17)13(16)7-12/h3-4,7,10,14H,5-6,8-9,17H2,1-2H3,(H,18,20). The molecule has 1 fully saturated rings. The molecule has 0 saturated carbocycles. The Morgan fingerprint density at radius 3 is 2.95 bits per heavy atom. The van der Waals surface area contributed by atoms with Gasteiger partial charge in [-0.05, 0) is 31.5 Å². The fourth-order valence-electron chi connectivity index (χ4n) is 2.39. The topological polar surface area (TPSA) is 67.6 Å². The van der Waals surface area contributed by atoms with Gasteiger partial charge in [-0.2, -0.15) is 0 Å². The number of anilines is 1. The van der Waals surface area contributed by atoms with Crippen molar-refractivity contribution in [2.45, 2.75) is 32.5 Å². The Labute approximate surface area is 130 Å². The lowest BCUT2D eigenvalue weighted by Crippen LogP contribution is -2.55. The van der Waals surface area contributed by atoms with E-state index in [2.05, 4.69) is 5.32 Å². The Bertz CT molecular complexity index is 508. The highest BCUT2D eigenvalue weighted by Gasteiger charge is 2.30. The molecule has 1 heterocycles. The number of rotatable bonds is 4. The average molecular weight is 312 g/mol. The van der Waals surface area contributed by atoms with Crippen LogP contribution in [0.1, 0.15) is 19.4 Å². The number of benzene rings is 1. The maximum Gasteiger partial charge on any atom is 0.245 e. The van der Waals surface area contributed by atoms with Gasteiger partial charge in [0.2, 0.25) is 5.91 Å². The van der Waals surface area contributed by atoms with Gasteiger partial charge in [0, 0.05) is 29.8 Å². The van der Waals surface area contributed by atoms with Gasteiger partial charge >= 0.3 is 0 Å². The number of nitrogens with two attached hydrogens (primary N) is 1. The van der Waals surface area contributed by atoms with Gasteiger partial charge in [0.1, 0.15) is 6.04 Å². The second-order valence-corrected chi connectivity index (χ2v) is 5.83. The maximum atomic E-state index is 12.3. The van der Waals surface area contributed by atoms with Crippen molar-refractivity contribution in [1.29, 1.82) is 0 Å². The van der Waals surface area contributed by atoms with Gasteiger partial charge in [0.05, 0.1) is 13.2 Å². The number of hydrogen-bond donors (Lipinski definition) is 2. The molecule has 5 nitrogen and oxygen atoms in total. The molecule has 0 aromatic heterocycles. The fraction of sp³-hybridized carbons (Fsp3) is 0.533. The number of nitrogens with zero attached hydrogens (tertiary/aromatic N) is 1. The van der Waals surface area contributed by atoms with E-state index in [1.807, 2.05) is 36.9 Å². The molecule has 1 atom stereocenters. The molecule has 21 heavy (non-hydrogen) atoms. The molecule has 1 aromatic carbocycles. The van der Waals surface area contributed by atoms with Crippen molar-refractivity contribution in [2.24, 2.45) is 5.73 Å². The maximum absolute atomic E-state index is 12.3. The number of amides is 1. The number of morpholine rings is 1. The minimum atomic E-state index is -0.332. The molecule has 0 radical (unpaired) electrons. The normalized spacial score (nSPS) is 18.9. The zero-order valence-electron chi connectivity index (χ0n) is 12.4. The summed E-state index contributed by atoms with van der Waals surface area (Å²) in [5.74, 6) is -0.0243. The summed E-state index contributed by atoms with van der Waals surface area (Å²) < 4.78 is 5.46. The zero-order chi connectivity index (χ0) is 15.4. The fourth-order valence-corrected chi connectivity index (χ4v) is 2.64. The van der Waals surface area contributed by atoms with Crippen molar-refractivity contribution in [3.05, 3.63) is 28.8 Å². The molecule has 1 saturated heterocycles. The number of nitrogens with one attached hydrogen (secondary N) is 1. The van der Waals surface area contributed by atoms with E-state index in [9.17, 15) is 4.79 Å². The predicted molar refractivity (Wildman–Crippen MR) is 84.6 cm³/mol. The summed E-state index contributed by atoms with van der Waals surface area (Å²) >= 11 is 6.22. The number of carbonyl (C=O) groups excluding carboxylic acids is 1. The number of ether oxygens (including phenoxy) is 1. The van der Waals surface area contributed by atoms with Crippen molar-refractivity contribution >= 4 is 23.2 Å². The summed E-state index contributed by atoms with van der Waals surface area (Å²) in [5.41, 5.74) is 7.45. The molecule has 0 aliphatic carbocycles. The number of hydrogen-bond acceptors (Lipinski definition) is 4. The Morgan fingerprint density at radius 2 is 2.33 bits per heavy atom. The quantitative estimate of drug-likeness (QED) is 0.885. The molecular weight excluding hydrogens is 290 g/mol. The van der Waals surface area contributed by atoms with Crippen LogP contribution in [0.3, 0.4) is 0 Å². The highest BCUT2D eigenvalue weighted by Crippen LogP contribution is 2.26. The van der Waals surface area contributed by atoms with E-state index in [0.29, 0.717) is 31.3 Å². The van der Waals surface area contributed by atoms with Crippen molar-refractivity contribution in [3.63, 3.8) is 0 Å². The van der Waals surface area contributed by atoms with Crippen molar-refractivity contribution in [3.8, 4) is 0 Å². The van der Waals surface area contributed by atoms with Crippen LogP contribution in [0.25, 0.3) is 0 Å². The van der Waals surface area contributed by atoms with Gasteiger partial charge in [-0.1, -0.05) is 17.7 Å². The van der Waals surface area contributed by atoms with E-state index < -0.39 is 0 Å². The molecule has 116 valence electrons. The molecule has 1 unspecified atom stereocenters. The van der Waals surface area contributed by atoms with Gasteiger partial charge in [-0.15, -0.1) is 0 Å². The molecule has 6 heteroatoms. The van der Waals surface area contributed by atoms with Crippen LogP contribution < -0.4 is 16.0 Å².